The van der Waals surface area contributed by atoms with Gasteiger partial charge in [-0.1, -0.05) is 18.2 Å². The van der Waals surface area contributed by atoms with Crippen LogP contribution < -0.4 is 30.7 Å². The molecule has 5 aromatic carbocycles. The van der Waals surface area contributed by atoms with E-state index in [1.165, 1.54) is 86.0 Å². The molecular formula is C45H38FN5O11. The van der Waals surface area contributed by atoms with Crippen LogP contribution in [0.5, 0.6) is 28.7 Å². The van der Waals surface area contributed by atoms with Gasteiger partial charge in [0.2, 0.25) is 5.91 Å². The van der Waals surface area contributed by atoms with Crippen LogP contribution in [0.15, 0.2) is 103 Å². The number of carboxylic acids is 1. The Morgan fingerprint density at radius 1 is 0.710 bits per heavy atom. The number of amides is 4. The Morgan fingerprint density at radius 3 is 1.89 bits per heavy atom. The highest BCUT2D eigenvalue weighted by Crippen LogP contribution is 2.40. The maximum absolute atomic E-state index is 15.5. The minimum absolute atomic E-state index is 0.0427. The summed E-state index contributed by atoms with van der Waals surface area (Å²) in [6, 6.07) is 23.0. The van der Waals surface area contributed by atoms with Crippen molar-refractivity contribution in [3.05, 3.63) is 136 Å². The molecule has 17 heteroatoms. The molecule has 0 saturated carbocycles. The first kappa shape index (κ1) is 44.5. The number of hydrogen-bond donors (Lipinski definition) is 8. The number of benzene rings is 5. The molecule has 0 bridgehead atoms. The molecule has 4 amide bonds. The number of carbonyl (C=O) groups excluding carboxylic acids is 4. The number of ether oxygens (including phenoxy) is 2. The lowest BCUT2D eigenvalue weighted by atomic mass is 10.0. The Bertz CT molecular complexity index is 2640. The van der Waals surface area contributed by atoms with Gasteiger partial charge >= 0.3 is 5.97 Å². The van der Waals surface area contributed by atoms with Gasteiger partial charge in [0.05, 0.1) is 38.0 Å². The Kier molecular flexibility index (Phi) is 14.2. The van der Waals surface area contributed by atoms with Crippen LogP contribution in [-0.2, 0) is 9.59 Å². The quantitative estimate of drug-likeness (QED) is 0.0394. The summed E-state index contributed by atoms with van der Waals surface area (Å²) in [5, 5.41) is 59.5. The normalized spacial score (nSPS) is 11.7. The van der Waals surface area contributed by atoms with Crippen molar-refractivity contribution < 1.29 is 58.3 Å². The highest BCUT2D eigenvalue weighted by atomic mass is 19.1. The molecule has 0 radical (unpaired) electrons. The Balaban J connectivity index is 1.21. The number of phenolic OH excluding ortho intramolecular Hbond substituents is 2. The van der Waals surface area contributed by atoms with Gasteiger partial charge in [-0.05, 0) is 104 Å². The van der Waals surface area contributed by atoms with Gasteiger partial charge in [0, 0.05) is 33.6 Å². The van der Waals surface area contributed by atoms with Crippen molar-refractivity contribution in [1.29, 1.82) is 5.26 Å². The molecule has 62 heavy (non-hydrogen) atoms. The van der Waals surface area contributed by atoms with Crippen molar-refractivity contribution in [1.82, 2.24) is 5.32 Å². The predicted octanol–water partition coefficient (Wildman–Crippen LogP) is 6.93. The fraction of sp³-hybridized carbons (Fsp3) is 0.111. The third-order valence-electron chi connectivity index (χ3n) is 9.09. The second kappa shape index (κ2) is 19.9. The van der Waals surface area contributed by atoms with Crippen LogP contribution in [0.3, 0.4) is 0 Å². The fourth-order valence-corrected chi connectivity index (χ4v) is 5.86. The molecule has 0 aliphatic heterocycles. The summed E-state index contributed by atoms with van der Waals surface area (Å²) in [6.07, 6.45) is 2.31. The number of phenols is 3. The van der Waals surface area contributed by atoms with Gasteiger partial charge in [0.15, 0.2) is 23.0 Å². The van der Waals surface area contributed by atoms with Gasteiger partial charge in [-0.25, -0.2) is 9.18 Å². The molecule has 8 N–H and O–H groups in total. The van der Waals surface area contributed by atoms with Crippen LogP contribution in [0.4, 0.5) is 21.5 Å². The number of nitrogens with zero attached hydrogens (tertiary/aromatic N) is 1. The Morgan fingerprint density at radius 2 is 1.29 bits per heavy atom. The number of hydrogen-bond acceptors (Lipinski definition) is 11. The number of nitrogens with one attached hydrogen (secondary N) is 4. The third kappa shape index (κ3) is 10.7. The van der Waals surface area contributed by atoms with Gasteiger partial charge in [-0.2, -0.15) is 5.26 Å². The van der Waals surface area contributed by atoms with Crippen LogP contribution >= 0.6 is 0 Å². The summed E-state index contributed by atoms with van der Waals surface area (Å²) >= 11 is 0. The van der Waals surface area contributed by atoms with Gasteiger partial charge in [0.25, 0.3) is 17.7 Å². The number of carbonyl (C=O) groups is 5. The molecule has 0 heterocycles. The zero-order valence-corrected chi connectivity index (χ0v) is 33.1. The van der Waals surface area contributed by atoms with Crippen LogP contribution in [-0.4, -0.2) is 70.3 Å². The van der Waals surface area contributed by atoms with E-state index >= 15 is 4.39 Å². The second-order valence-electron chi connectivity index (χ2n) is 13.3. The van der Waals surface area contributed by atoms with Gasteiger partial charge in [-0.3, -0.25) is 19.2 Å². The standard InChI is InChI=1S/C45H38FN5O11/c1-24(22-25-4-15-31(52)16-5-25)41(55)48-29-13-8-27(9-14-29)42(56)51-36(20-21-47)44(58)49-30-11-6-26(7-12-30)34(46)23-28-10-17-32(37(53)39(28)61-2)43(57)50-35-19-18-33(45(59)60)38(54)40(35)62-3/h4-19,22-23,36,52-54H,20H2,1-3H3,(H,48,55)(H,49,58)(H,50,57)(H,51,56)(H,59,60)/b24-22+,34-23-/t36-/m0/s1. The average molecular weight is 844 g/mol. The molecule has 1 atom stereocenters. The second-order valence-corrected chi connectivity index (χ2v) is 13.3. The van der Waals surface area contributed by atoms with Crippen LogP contribution in [0.1, 0.15) is 61.1 Å². The predicted molar refractivity (Wildman–Crippen MR) is 227 cm³/mol. The maximum Gasteiger partial charge on any atom is 0.339 e. The van der Waals surface area contributed by atoms with Crippen molar-refractivity contribution in [2.75, 3.05) is 30.2 Å². The highest BCUT2D eigenvalue weighted by Gasteiger charge is 2.24. The first-order valence-electron chi connectivity index (χ1n) is 18.3. The van der Waals surface area contributed by atoms with Crippen molar-refractivity contribution in [2.24, 2.45) is 0 Å². The topological polar surface area (TPSA) is 257 Å². The number of anilines is 3. The minimum Gasteiger partial charge on any atom is -0.508 e. The molecule has 5 rings (SSSR count). The summed E-state index contributed by atoms with van der Waals surface area (Å²) in [6.45, 7) is 1.62. The molecule has 316 valence electrons. The molecule has 0 fully saturated rings. The van der Waals surface area contributed by atoms with Gasteiger partial charge in [-0.15, -0.1) is 0 Å². The van der Waals surface area contributed by atoms with E-state index in [1.807, 2.05) is 6.07 Å². The van der Waals surface area contributed by atoms with E-state index in [-0.39, 0.29) is 63.2 Å². The molecule has 0 aliphatic rings. The zero-order valence-electron chi connectivity index (χ0n) is 33.1. The first-order chi connectivity index (χ1) is 29.6. The third-order valence-corrected chi connectivity index (χ3v) is 9.09. The lowest BCUT2D eigenvalue weighted by Gasteiger charge is -2.16. The molecule has 0 unspecified atom stereocenters. The summed E-state index contributed by atoms with van der Waals surface area (Å²) in [5.74, 6) is -6.75. The maximum atomic E-state index is 15.5. The summed E-state index contributed by atoms with van der Waals surface area (Å²) in [4.78, 5) is 63.3. The summed E-state index contributed by atoms with van der Waals surface area (Å²) in [5.41, 5.74) is 1.09. The Labute approximate surface area is 353 Å². The minimum atomic E-state index is -1.43. The van der Waals surface area contributed by atoms with Crippen molar-refractivity contribution >= 4 is 64.6 Å². The van der Waals surface area contributed by atoms with E-state index in [0.717, 1.165) is 19.3 Å². The van der Waals surface area contributed by atoms with E-state index in [9.17, 15) is 49.7 Å². The lowest BCUT2D eigenvalue weighted by molar-refractivity contribution is -0.118. The van der Waals surface area contributed by atoms with Gasteiger partial charge in [0.1, 0.15) is 23.2 Å². The number of rotatable bonds is 15. The van der Waals surface area contributed by atoms with E-state index in [4.69, 9.17) is 9.47 Å². The molecule has 16 nitrogen and oxygen atoms in total. The summed E-state index contributed by atoms with van der Waals surface area (Å²) < 4.78 is 25.9. The molecular weight excluding hydrogens is 806 g/mol. The smallest absolute Gasteiger partial charge is 0.339 e. The molecule has 0 spiro atoms. The number of nitriles is 1. The first-order valence-corrected chi connectivity index (χ1v) is 18.3. The molecule has 0 saturated heterocycles. The molecule has 0 aromatic heterocycles. The van der Waals surface area contributed by atoms with E-state index in [0.29, 0.717) is 16.8 Å². The van der Waals surface area contributed by atoms with Crippen molar-refractivity contribution in [3.63, 3.8) is 0 Å². The van der Waals surface area contributed by atoms with Crippen LogP contribution in [0.2, 0.25) is 0 Å². The highest BCUT2D eigenvalue weighted by molar-refractivity contribution is 6.09. The number of aromatic hydroxyl groups is 3. The zero-order chi connectivity index (χ0) is 45.1. The number of aromatic carboxylic acids is 1. The lowest BCUT2D eigenvalue weighted by Crippen LogP contribution is -2.43. The van der Waals surface area contributed by atoms with Crippen molar-refractivity contribution in [3.8, 4) is 34.8 Å². The number of carboxylic acid groups (broad SMARTS) is 1. The van der Waals surface area contributed by atoms with E-state index in [2.05, 4.69) is 21.3 Å². The van der Waals surface area contributed by atoms with Gasteiger partial charge < -0.3 is 51.2 Å². The summed E-state index contributed by atoms with van der Waals surface area (Å²) in [7, 11) is 2.35. The van der Waals surface area contributed by atoms with E-state index < -0.39 is 52.6 Å². The van der Waals surface area contributed by atoms with Crippen molar-refractivity contribution in [2.45, 2.75) is 19.4 Å². The molecule has 5 aromatic rings. The number of halogens is 1. The monoisotopic (exact) mass is 843 g/mol. The average Bonchev–Trinajstić information content (AvgIpc) is 3.24. The van der Waals surface area contributed by atoms with E-state index in [1.54, 1.807) is 25.1 Å². The van der Waals surface area contributed by atoms with Crippen LogP contribution in [0.25, 0.3) is 18.0 Å². The van der Waals surface area contributed by atoms with Crippen LogP contribution in [0, 0.1) is 11.3 Å². The largest absolute Gasteiger partial charge is 0.508 e. The SMILES string of the molecule is COc1c(/C=C(\F)c2ccc(NC(=O)[C@H](CC#N)NC(=O)c3ccc(NC(=O)/C(C)=C/c4ccc(O)cc4)cc3)cc2)ccc(C(=O)Nc2ccc(C(=O)O)c(O)c2OC)c1O. The Hall–Kier alpha value is -8.65. The number of methoxy groups -OCH3 is 2. The molecule has 0 aliphatic carbocycles. The fourth-order valence-electron chi connectivity index (χ4n) is 5.86.